The fourth-order valence-corrected chi connectivity index (χ4v) is 4.23. The molecular weight excluding hydrogens is 352 g/mol. The number of thioether (sulfide) groups is 1. The van der Waals surface area contributed by atoms with Gasteiger partial charge in [-0.15, -0.1) is 23.1 Å². The van der Waals surface area contributed by atoms with Gasteiger partial charge < -0.3 is 5.32 Å². The second-order valence-electron chi connectivity index (χ2n) is 4.56. The Balaban J connectivity index is 1.91. The van der Waals surface area contributed by atoms with E-state index in [0.29, 0.717) is 6.04 Å². The Morgan fingerprint density at radius 1 is 1.40 bits per heavy atom. The van der Waals surface area contributed by atoms with Crippen LogP contribution in [0.2, 0.25) is 0 Å². The maximum atomic E-state index is 4.73. The number of nitrogens with one attached hydrogen (secondary N) is 1. The largest absolute Gasteiger partial charge is 0.309 e. The van der Waals surface area contributed by atoms with E-state index in [9.17, 15) is 0 Å². The Kier molecular flexibility index (Phi) is 6.55. The molecule has 0 saturated heterocycles. The van der Waals surface area contributed by atoms with E-state index in [1.54, 1.807) is 11.3 Å². The van der Waals surface area contributed by atoms with Crippen molar-refractivity contribution in [2.75, 3.05) is 6.54 Å². The number of rotatable bonds is 7. The second kappa shape index (κ2) is 8.17. The molecule has 0 bridgehead atoms. The molecule has 2 rings (SSSR count). The second-order valence-corrected chi connectivity index (χ2v) is 7.38. The van der Waals surface area contributed by atoms with E-state index in [1.807, 2.05) is 17.8 Å². The number of benzene rings is 1. The molecule has 1 aromatic heterocycles. The van der Waals surface area contributed by atoms with Crippen LogP contribution in [-0.2, 0) is 5.75 Å². The van der Waals surface area contributed by atoms with Crippen molar-refractivity contribution in [2.24, 2.45) is 0 Å². The van der Waals surface area contributed by atoms with Crippen LogP contribution in [0.3, 0.4) is 0 Å². The molecule has 1 atom stereocenters. The third-order valence-electron chi connectivity index (χ3n) is 2.90. The Bertz CT molecular complexity index is 542. The molecule has 1 N–H and O–H groups in total. The average Bonchev–Trinajstić information content (AvgIpc) is 2.93. The van der Waals surface area contributed by atoms with E-state index >= 15 is 0 Å². The lowest BCUT2D eigenvalue weighted by molar-refractivity contribution is 0.560. The van der Waals surface area contributed by atoms with Crippen molar-refractivity contribution in [3.05, 3.63) is 44.8 Å². The third kappa shape index (κ3) is 4.58. The fraction of sp³-hybridized carbons (Fsp3) is 0.400. The molecule has 1 heterocycles. The number of aromatic nitrogens is 1. The van der Waals surface area contributed by atoms with Gasteiger partial charge in [0.15, 0.2) is 0 Å². The van der Waals surface area contributed by atoms with Gasteiger partial charge in [-0.1, -0.05) is 19.1 Å². The number of thiazole rings is 1. The van der Waals surface area contributed by atoms with Crippen LogP contribution in [0.1, 0.15) is 37.0 Å². The number of nitrogens with zero attached hydrogens (tertiary/aromatic N) is 1. The third-order valence-corrected chi connectivity index (χ3v) is 5.99. The lowest BCUT2D eigenvalue weighted by Gasteiger charge is -2.09. The molecule has 0 aliphatic rings. The average molecular weight is 371 g/mol. The molecule has 1 aromatic carbocycles. The Hall–Kier alpha value is -0.360. The summed E-state index contributed by atoms with van der Waals surface area (Å²) >= 11 is 7.15. The normalized spacial score (nSPS) is 12.6. The molecule has 20 heavy (non-hydrogen) atoms. The van der Waals surface area contributed by atoms with Crippen molar-refractivity contribution in [3.63, 3.8) is 0 Å². The molecule has 0 aliphatic heterocycles. The van der Waals surface area contributed by atoms with Gasteiger partial charge in [-0.2, -0.15) is 0 Å². The highest BCUT2D eigenvalue weighted by Gasteiger charge is 2.09. The van der Waals surface area contributed by atoms with Crippen molar-refractivity contribution in [1.29, 1.82) is 0 Å². The summed E-state index contributed by atoms with van der Waals surface area (Å²) < 4.78 is 1.15. The summed E-state index contributed by atoms with van der Waals surface area (Å²) in [5.41, 5.74) is 1.16. The maximum Gasteiger partial charge on any atom is 0.103 e. The van der Waals surface area contributed by atoms with Crippen LogP contribution >= 0.6 is 39.0 Å². The molecule has 0 spiro atoms. The zero-order valence-corrected chi connectivity index (χ0v) is 14.9. The lowest BCUT2D eigenvalue weighted by Crippen LogP contribution is -2.19. The van der Waals surface area contributed by atoms with E-state index in [1.165, 1.54) is 9.90 Å². The minimum absolute atomic E-state index is 0.341. The van der Waals surface area contributed by atoms with Crippen LogP contribution < -0.4 is 5.32 Å². The minimum Gasteiger partial charge on any atom is -0.309 e. The van der Waals surface area contributed by atoms with Gasteiger partial charge in [-0.3, -0.25) is 0 Å². The number of halogens is 1. The summed E-state index contributed by atoms with van der Waals surface area (Å²) in [6, 6.07) is 8.66. The van der Waals surface area contributed by atoms with Crippen molar-refractivity contribution >= 4 is 39.0 Å². The molecule has 2 aromatic rings. The van der Waals surface area contributed by atoms with Gasteiger partial charge in [-0.25, -0.2) is 4.98 Å². The van der Waals surface area contributed by atoms with E-state index in [0.717, 1.165) is 28.9 Å². The molecule has 108 valence electrons. The van der Waals surface area contributed by atoms with Gasteiger partial charge in [-0.05, 0) is 48.0 Å². The van der Waals surface area contributed by atoms with Crippen molar-refractivity contribution in [2.45, 2.75) is 37.0 Å². The summed E-state index contributed by atoms with van der Waals surface area (Å²) in [4.78, 5) is 5.99. The molecular formula is C15H19BrN2S2. The quantitative estimate of drug-likeness (QED) is 0.672. The highest BCUT2D eigenvalue weighted by atomic mass is 79.9. The summed E-state index contributed by atoms with van der Waals surface area (Å²) in [5.74, 6) is 0.924. The monoisotopic (exact) mass is 370 g/mol. The number of hydrogen-bond acceptors (Lipinski definition) is 4. The van der Waals surface area contributed by atoms with Gasteiger partial charge in [0, 0.05) is 20.8 Å². The zero-order valence-electron chi connectivity index (χ0n) is 11.7. The van der Waals surface area contributed by atoms with E-state index in [2.05, 4.69) is 58.7 Å². The van der Waals surface area contributed by atoms with Gasteiger partial charge in [0.25, 0.3) is 0 Å². The maximum absolute atomic E-state index is 4.73. The van der Waals surface area contributed by atoms with Gasteiger partial charge in [0.2, 0.25) is 0 Å². The fourth-order valence-electron chi connectivity index (χ4n) is 1.76. The standard InChI is InChI=1S/C15H19BrN2S2/c1-3-8-17-11(2)13-9-20-15(18-13)10-19-14-7-5-4-6-12(14)16/h4-7,9,11,17H,3,8,10H2,1-2H3. The number of hydrogen-bond donors (Lipinski definition) is 1. The van der Waals surface area contributed by atoms with Gasteiger partial charge in [0.1, 0.15) is 5.01 Å². The van der Waals surface area contributed by atoms with Gasteiger partial charge in [0.05, 0.1) is 11.4 Å². The first kappa shape index (κ1) is 16.0. The zero-order chi connectivity index (χ0) is 14.4. The molecule has 0 aliphatic carbocycles. The van der Waals surface area contributed by atoms with Crippen LogP contribution in [0.25, 0.3) is 0 Å². The molecule has 5 heteroatoms. The molecule has 0 fully saturated rings. The Morgan fingerprint density at radius 3 is 2.95 bits per heavy atom. The minimum atomic E-state index is 0.341. The molecule has 0 saturated carbocycles. The summed E-state index contributed by atoms with van der Waals surface area (Å²) in [7, 11) is 0. The first-order valence-corrected chi connectivity index (χ1v) is 9.41. The first-order valence-electron chi connectivity index (χ1n) is 6.75. The first-order chi connectivity index (χ1) is 9.70. The van der Waals surface area contributed by atoms with E-state index < -0.39 is 0 Å². The highest BCUT2D eigenvalue weighted by molar-refractivity contribution is 9.10. The van der Waals surface area contributed by atoms with E-state index in [4.69, 9.17) is 4.98 Å². The van der Waals surface area contributed by atoms with Crippen LogP contribution in [0, 0.1) is 0 Å². The molecule has 0 radical (unpaired) electrons. The van der Waals surface area contributed by atoms with Gasteiger partial charge >= 0.3 is 0 Å². The van der Waals surface area contributed by atoms with E-state index in [-0.39, 0.29) is 0 Å². The van der Waals surface area contributed by atoms with Crippen LogP contribution in [0.15, 0.2) is 39.0 Å². The predicted molar refractivity (Wildman–Crippen MR) is 92.5 cm³/mol. The van der Waals surface area contributed by atoms with Crippen LogP contribution in [0.4, 0.5) is 0 Å². The van der Waals surface area contributed by atoms with Crippen LogP contribution in [-0.4, -0.2) is 11.5 Å². The van der Waals surface area contributed by atoms with Crippen LogP contribution in [0.5, 0.6) is 0 Å². The smallest absolute Gasteiger partial charge is 0.103 e. The van der Waals surface area contributed by atoms with Crippen molar-refractivity contribution in [3.8, 4) is 0 Å². The topological polar surface area (TPSA) is 24.9 Å². The predicted octanol–water partition coefficient (Wildman–Crippen LogP) is 5.26. The van der Waals surface area contributed by atoms with Crippen molar-refractivity contribution in [1.82, 2.24) is 10.3 Å². The summed E-state index contributed by atoms with van der Waals surface area (Å²) in [6.45, 7) is 5.40. The summed E-state index contributed by atoms with van der Waals surface area (Å²) in [6.07, 6.45) is 1.15. The molecule has 0 amide bonds. The lowest BCUT2D eigenvalue weighted by atomic mass is 10.2. The molecule has 1 unspecified atom stereocenters. The Morgan fingerprint density at radius 2 is 2.20 bits per heavy atom. The van der Waals surface area contributed by atoms with Crippen molar-refractivity contribution < 1.29 is 0 Å². The highest BCUT2D eigenvalue weighted by Crippen LogP contribution is 2.30. The Labute approximate surface area is 137 Å². The summed E-state index contributed by atoms with van der Waals surface area (Å²) in [5, 5.41) is 6.83. The molecule has 2 nitrogen and oxygen atoms in total. The SMILES string of the molecule is CCCNC(C)c1csc(CSc2ccccc2Br)n1.